The van der Waals surface area contributed by atoms with Crippen LogP contribution in [-0.4, -0.2) is 35.8 Å². The number of piperidine rings is 1. The van der Waals surface area contributed by atoms with Crippen LogP contribution in [0.5, 0.6) is 0 Å². The zero-order valence-electron chi connectivity index (χ0n) is 13.3. The van der Waals surface area contributed by atoms with Crippen LogP contribution in [0.1, 0.15) is 49.4 Å². The highest BCUT2D eigenvalue weighted by Gasteiger charge is 2.24. The lowest BCUT2D eigenvalue weighted by molar-refractivity contribution is -0.134. The van der Waals surface area contributed by atoms with Crippen LogP contribution in [0, 0.1) is 3.57 Å². The van der Waals surface area contributed by atoms with Crippen molar-refractivity contribution in [2.75, 3.05) is 13.1 Å². The summed E-state index contributed by atoms with van der Waals surface area (Å²) in [4.78, 5) is 26.6. The van der Waals surface area contributed by atoms with Gasteiger partial charge in [-0.3, -0.25) is 9.59 Å². The van der Waals surface area contributed by atoms with Gasteiger partial charge in [-0.15, -0.1) is 0 Å². The summed E-state index contributed by atoms with van der Waals surface area (Å²) in [6.07, 6.45) is 4.77. The van der Waals surface area contributed by atoms with Crippen molar-refractivity contribution in [3.05, 3.63) is 31.8 Å². The third-order valence-corrected chi connectivity index (χ3v) is 5.65. The van der Waals surface area contributed by atoms with Crippen LogP contribution in [0.15, 0.2) is 22.7 Å². The number of amides is 2. The third kappa shape index (κ3) is 5.17. The van der Waals surface area contributed by atoms with E-state index in [1.54, 1.807) is 6.07 Å². The quantitative estimate of drug-likeness (QED) is 0.632. The normalized spacial score (nSPS) is 17.9. The van der Waals surface area contributed by atoms with Crippen LogP contribution >= 0.6 is 38.5 Å². The average molecular weight is 493 g/mol. The zero-order valence-corrected chi connectivity index (χ0v) is 17.0. The number of rotatable bonds is 5. The molecule has 4 nitrogen and oxygen atoms in total. The Morgan fingerprint density at radius 3 is 2.91 bits per heavy atom. The minimum atomic E-state index is -0.130. The molecule has 6 heteroatoms. The van der Waals surface area contributed by atoms with E-state index in [4.69, 9.17) is 0 Å². The monoisotopic (exact) mass is 492 g/mol. The maximum Gasteiger partial charge on any atom is 0.252 e. The van der Waals surface area contributed by atoms with Gasteiger partial charge in [-0.05, 0) is 66.5 Å². The molecule has 126 valence electrons. The number of benzene rings is 1. The number of carbonyl (C=O) groups excluding carboxylic acids is 2. The van der Waals surface area contributed by atoms with E-state index >= 15 is 0 Å². The summed E-state index contributed by atoms with van der Waals surface area (Å²) in [6.45, 7) is 3.37. The lowest BCUT2D eigenvalue weighted by Crippen LogP contribution is -2.44. The molecule has 1 fully saturated rings. The number of halogens is 2. The van der Waals surface area contributed by atoms with Crippen molar-refractivity contribution in [3.8, 4) is 0 Å². The molecule has 23 heavy (non-hydrogen) atoms. The number of hydrogen-bond donors (Lipinski definition) is 1. The first kappa shape index (κ1) is 18.7. The number of likely N-dealkylation sites (tertiary alicyclic amines) is 1. The molecule has 0 aromatic heterocycles. The second-order valence-electron chi connectivity index (χ2n) is 5.78. The molecule has 2 amide bonds. The second kappa shape index (κ2) is 9.01. The molecular formula is C17H22BrIN2O2. The Labute approximate surface area is 159 Å². The SMILES string of the molecule is CC[C@H]1CCCCN1C(=O)CCNC(=O)c1cc(Br)ccc1I. The summed E-state index contributed by atoms with van der Waals surface area (Å²) in [7, 11) is 0. The molecule has 2 rings (SSSR count). The maximum absolute atomic E-state index is 12.4. The van der Waals surface area contributed by atoms with Gasteiger partial charge in [0.2, 0.25) is 5.91 Å². The zero-order chi connectivity index (χ0) is 16.8. The first-order valence-corrected chi connectivity index (χ1v) is 9.92. The second-order valence-corrected chi connectivity index (χ2v) is 7.85. The van der Waals surface area contributed by atoms with Crippen LogP contribution in [0.2, 0.25) is 0 Å². The smallest absolute Gasteiger partial charge is 0.252 e. The van der Waals surface area contributed by atoms with E-state index in [1.165, 1.54) is 6.42 Å². The number of nitrogens with one attached hydrogen (secondary N) is 1. The van der Waals surface area contributed by atoms with Gasteiger partial charge >= 0.3 is 0 Å². The fraction of sp³-hybridized carbons (Fsp3) is 0.529. The fourth-order valence-electron chi connectivity index (χ4n) is 2.95. The summed E-state index contributed by atoms with van der Waals surface area (Å²) >= 11 is 5.52. The Morgan fingerprint density at radius 2 is 2.17 bits per heavy atom. The molecule has 1 N–H and O–H groups in total. The lowest BCUT2D eigenvalue weighted by Gasteiger charge is -2.35. The van der Waals surface area contributed by atoms with Crippen LogP contribution < -0.4 is 5.32 Å². The van der Waals surface area contributed by atoms with Gasteiger partial charge in [-0.25, -0.2) is 0 Å². The predicted octanol–water partition coefficient (Wildman–Crippen LogP) is 3.96. The molecule has 1 aromatic carbocycles. The maximum atomic E-state index is 12.4. The van der Waals surface area contributed by atoms with Crippen molar-refractivity contribution >= 4 is 50.3 Å². The van der Waals surface area contributed by atoms with Crippen LogP contribution in [0.3, 0.4) is 0 Å². The highest BCUT2D eigenvalue weighted by atomic mass is 127. The van der Waals surface area contributed by atoms with Crippen LogP contribution in [-0.2, 0) is 4.79 Å². The minimum Gasteiger partial charge on any atom is -0.351 e. The summed E-state index contributed by atoms with van der Waals surface area (Å²) in [5.41, 5.74) is 0.636. The van der Waals surface area contributed by atoms with Gasteiger partial charge < -0.3 is 10.2 Å². The molecule has 0 saturated carbocycles. The molecular weight excluding hydrogens is 471 g/mol. The van der Waals surface area contributed by atoms with Gasteiger partial charge in [0.15, 0.2) is 0 Å². The van der Waals surface area contributed by atoms with Gasteiger partial charge in [0.1, 0.15) is 0 Å². The van der Waals surface area contributed by atoms with Crippen molar-refractivity contribution in [2.45, 2.75) is 45.1 Å². The van der Waals surface area contributed by atoms with E-state index in [1.807, 2.05) is 17.0 Å². The average Bonchev–Trinajstić information content (AvgIpc) is 2.56. The molecule has 1 aliphatic rings. The Morgan fingerprint density at radius 1 is 1.39 bits per heavy atom. The largest absolute Gasteiger partial charge is 0.351 e. The van der Waals surface area contributed by atoms with Crippen LogP contribution in [0.25, 0.3) is 0 Å². The highest BCUT2D eigenvalue weighted by Crippen LogP contribution is 2.20. The Hall–Kier alpha value is -0.630. The molecule has 0 radical (unpaired) electrons. The Balaban J connectivity index is 1.85. The Kier molecular flexibility index (Phi) is 7.33. The van der Waals surface area contributed by atoms with Crippen LogP contribution in [0.4, 0.5) is 0 Å². The van der Waals surface area contributed by atoms with Crippen molar-refractivity contribution in [1.82, 2.24) is 10.2 Å². The van der Waals surface area contributed by atoms with Crippen molar-refractivity contribution in [1.29, 1.82) is 0 Å². The summed E-state index contributed by atoms with van der Waals surface area (Å²) in [5.74, 6) is 0.0231. The van der Waals surface area contributed by atoms with Gasteiger partial charge in [0, 0.05) is 33.6 Å². The Bertz CT molecular complexity index is 580. The summed E-state index contributed by atoms with van der Waals surface area (Å²) in [5, 5.41) is 2.86. The number of nitrogens with zero attached hydrogens (tertiary/aromatic N) is 1. The molecule has 1 saturated heterocycles. The van der Waals surface area contributed by atoms with E-state index in [0.29, 0.717) is 24.6 Å². The predicted molar refractivity (Wildman–Crippen MR) is 103 cm³/mol. The van der Waals surface area contributed by atoms with Gasteiger partial charge in [-0.2, -0.15) is 0 Å². The molecule has 0 bridgehead atoms. The van der Waals surface area contributed by atoms with E-state index in [0.717, 1.165) is 33.9 Å². The molecule has 1 atom stereocenters. The van der Waals surface area contributed by atoms with Crippen molar-refractivity contribution in [3.63, 3.8) is 0 Å². The molecule has 0 spiro atoms. The molecule has 0 unspecified atom stereocenters. The first-order valence-electron chi connectivity index (χ1n) is 8.05. The minimum absolute atomic E-state index is 0.130. The molecule has 1 heterocycles. The van der Waals surface area contributed by atoms with Gasteiger partial charge in [-0.1, -0.05) is 22.9 Å². The lowest BCUT2D eigenvalue weighted by atomic mass is 9.99. The highest BCUT2D eigenvalue weighted by molar-refractivity contribution is 14.1. The third-order valence-electron chi connectivity index (χ3n) is 4.22. The van der Waals surface area contributed by atoms with Gasteiger partial charge in [0.05, 0.1) is 5.56 Å². The van der Waals surface area contributed by atoms with Crippen molar-refractivity contribution < 1.29 is 9.59 Å². The number of carbonyl (C=O) groups is 2. The molecule has 0 aliphatic carbocycles. The molecule has 1 aromatic rings. The van der Waals surface area contributed by atoms with E-state index in [2.05, 4.69) is 50.8 Å². The van der Waals surface area contributed by atoms with Crippen molar-refractivity contribution in [2.24, 2.45) is 0 Å². The summed E-state index contributed by atoms with van der Waals surface area (Å²) in [6, 6.07) is 5.97. The standard InChI is InChI=1S/C17H22BrIN2O2/c1-2-13-5-3-4-10-21(13)16(22)8-9-20-17(23)14-11-12(18)6-7-15(14)19/h6-7,11,13H,2-5,8-10H2,1H3,(H,20,23)/t13-/m0/s1. The topological polar surface area (TPSA) is 49.4 Å². The number of hydrogen-bond acceptors (Lipinski definition) is 2. The fourth-order valence-corrected chi connectivity index (χ4v) is 3.89. The molecule has 1 aliphatic heterocycles. The van der Waals surface area contributed by atoms with E-state index in [9.17, 15) is 9.59 Å². The summed E-state index contributed by atoms with van der Waals surface area (Å²) < 4.78 is 1.77. The van der Waals surface area contributed by atoms with Gasteiger partial charge in [0.25, 0.3) is 5.91 Å². The van der Waals surface area contributed by atoms with E-state index in [-0.39, 0.29) is 11.8 Å². The van der Waals surface area contributed by atoms with E-state index < -0.39 is 0 Å². The first-order chi connectivity index (χ1) is 11.0.